The monoisotopic (exact) mass is 276 g/mol. The van der Waals surface area contributed by atoms with Gasteiger partial charge in [-0.15, -0.1) is 0 Å². The maximum atomic E-state index is 5.93. The number of ether oxygens (including phenoxy) is 6. The Morgan fingerprint density at radius 1 is 1.00 bits per heavy atom. The van der Waals surface area contributed by atoms with Crippen molar-refractivity contribution in [1.29, 1.82) is 0 Å². The first kappa shape index (κ1) is 11.9. The summed E-state index contributed by atoms with van der Waals surface area (Å²) in [4.78, 5) is 0. The molecule has 4 heterocycles. The molecule has 0 N–H and O–H groups in total. The van der Waals surface area contributed by atoms with E-state index in [0.29, 0.717) is 6.61 Å². The topological polar surface area (TPSA) is 55.4 Å². The van der Waals surface area contributed by atoms with Gasteiger partial charge in [0.1, 0.15) is 24.4 Å². The van der Waals surface area contributed by atoms with Gasteiger partial charge in [-0.1, -0.05) is 11.8 Å². The molecule has 0 aromatic heterocycles. The van der Waals surface area contributed by atoms with Gasteiger partial charge in [-0.2, -0.15) is 0 Å². The van der Waals surface area contributed by atoms with E-state index in [1.54, 1.807) is 0 Å². The molecule has 0 aliphatic carbocycles. The quantitative estimate of drug-likeness (QED) is 0.697. The zero-order valence-corrected chi connectivity index (χ0v) is 11.3. The molecule has 102 valence electrons. The van der Waals surface area contributed by atoms with E-state index >= 15 is 0 Å². The summed E-state index contributed by atoms with van der Waals surface area (Å²) in [6.45, 7) is 4.22. The fourth-order valence-corrected chi connectivity index (χ4v) is 3.53. The van der Waals surface area contributed by atoms with Crippen molar-refractivity contribution >= 4 is 11.8 Å². The molecule has 1 unspecified atom stereocenters. The normalized spacial score (nSPS) is 56.5. The Kier molecular flexibility index (Phi) is 2.38. The van der Waals surface area contributed by atoms with Gasteiger partial charge in [-0.25, -0.2) is 0 Å². The summed E-state index contributed by atoms with van der Waals surface area (Å²) in [5.74, 6) is -0.631. The van der Waals surface area contributed by atoms with Crippen LogP contribution in [-0.4, -0.2) is 54.7 Å². The van der Waals surface area contributed by atoms with Gasteiger partial charge >= 0.3 is 5.31 Å². The SMILES string of the molecule is CSC12OC[C@@H](O1)[C@H]1O[C@@H]3OC(C)(C)O[C@@H]3[C@@H]1O2. The Morgan fingerprint density at radius 3 is 2.61 bits per heavy atom. The molecule has 4 aliphatic rings. The number of rotatable bonds is 1. The van der Waals surface area contributed by atoms with Gasteiger partial charge < -0.3 is 28.4 Å². The van der Waals surface area contributed by atoms with Gasteiger partial charge in [-0.05, 0) is 20.1 Å². The van der Waals surface area contributed by atoms with Gasteiger partial charge in [0.25, 0.3) is 0 Å². The largest absolute Gasteiger partial charge is 0.341 e. The van der Waals surface area contributed by atoms with Crippen molar-refractivity contribution in [2.45, 2.75) is 55.6 Å². The maximum Gasteiger partial charge on any atom is 0.338 e. The van der Waals surface area contributed by atoms with Crippen LogP contribution in [0.5, 0.6) is 0 Å². The predicted molar refractivity (Wildman–Crippen MR) is 60.6 cm³/mol. The summed E-state index contributed by atoms with van der Waals surface area (Å²) < 4.78 is 34.7. The van der Waals surface area contributed by atoms with Crippen molar-refractivity contribution in [2.75, 3.05) is 12.9 Å². The van der Waals surface area contributed by atoms with E-state index < -0.39 is 11.1 Å². The van der Waals surface area contributed by atoms with Crippen LogP contribution in [0.4, 0.5) is 0 Å². The highest BCUT2D eigenvalue weighted by Gasteiger charge is 2.65. The third-order valence-corrected chi connectivity index (χ3v) is 4.45. The summed E-state index contributed by atoms with van der Waals surface area (Å²) in [5.41, 5.74) is 0. The highest BCUT2D eigenvalue weighted by molar-refractivity contribution is 7.99. The molecule has 6 nitrogen and oxygen atoms in total. The van der Waals surface area contributed by atoms with E-state index in [1.165, 1.54) is 11.8 Å². The Labute approximate surface area is 109 Å². The third-order valence-electron chi connectivity index (χ3n) is 3.64. The summed E-state index contributed by atoms with van der Waals surface area (Å²) in [6.07, 6.45) is 0.800. The summed E-state index contributed by atoms with van der Waals surface area (Å²) >= 11 is 1.40. The van der Waals surface area contributed by atoms with E-state index in [-0.39, 0.29) is 30.7 Å². The van der Waals surface area contributed by atoms with E-state index in [0.717, 1.165) is 0 Å². The van der Waals surface area contributed by atoms with Gasteiger partial charge in [0, 0.05) is 0 Å². The lowest BCUT2D eigenvalue weighted by molar-refractivity contribution is -0.343. The summed E-state index contributed by atoms with van der Waals surface area (Å²) in [6, 6.07) is 0. The minimum Gasteiger partial charge on any atom is -0.341 e. The Bertz CT molecular complexity index is 377. The predicted octanol–water partition coefficient (Wildman–Crippen LogP) is 0.651. The lowest BCUT2D eigenvalue weighted by Gasteiger charge is -2.37. The van der Waals surface area contributed by atoms with Gasteiger partial charge in [0.15, 0.2) is 12.1 Å². The first-order chi connectivity index (χ1) is 8.52. The van der Waals surface area contributed by atoms with Crippen LogP contribution in [0.2, 0.25) is 0 Å². The molecule has 0 aromatic carbocycles. The summed E-state index contributed by atoms with van der Waals surface area (Å²) in [5, 5.41) is -1.000. The Balaban J connectivity index is 1.61. The van der Waals surface area contributed by atoms with Crippen LogP contribution in [0.25, 0.3) is 0 Å². The van der Waals surface area contributed by atoms with Crippen molar-refractivity contribution in [2.24, 2.45) is 0 Å². The van der Waals surface area contributed by atoms with Crippen LogP contribution < -0.4 is 0 Å². The van der Waals surface area contributed by atoms with E-state index in [1.807, 2.05) is 20.1 Å². The molecule has 6 atom stereocenters. The molecule has 4 rings (SSSR count). The smallest absolute Gasteiger partial charge is 0.338 e. The molecule has 7 heteroatoms. The lowest BCUT2D eigenvalue weighted by atomic mass is 10.1. The highest BCUT2D eigenvalue weighted by Crippen LogP contribution is 2.49. The molecular weight excluding hydrogens is 260 g/mol. The standard InChI is InChI=1S/C11H16O6S/c1-10(2)15-8-7-6(13-9(8)17-10)5-4-12-11(14-5,16-7)18-3/h5-9H,4H2,1-3H3/t5-,6-,7-,8-,9-,11?/m1/s1. The van der Waals surface area contributed by atoms with Crippen molar-refractivity contribution in [3.8, 4) is 0 Å². The third kappa shape index (κ3) is 1.53. The Morgan fingerprint density at radius 2 is 1.83 bits per heavy atom. The fourth-order valence-electron chi connectivity index (χ4n) is 2.92. The molecule has 4 fully saturated rings. The molecule has 4 aliphatic heterocycles. The molecule has 0 spiro atoms. The van der Waals surface area contributed by atoms with Gasteiger partial charge in [-0.3, -0.25) is 0 Å². The molecule has 0 amide bonds. The average molecular weight is 276 g/mol. The van der Waals surface area contributed by atoms with E-state index in [2.05, 4.69) is 0 Å². The van der Waals surface area contributed by atoms with Crippen LogP contribution >= 0.6 is 11.8 Å². The minimum absolute atomic E-state index is 0.114. The van der Waals surface area contributed by atoms with E-state index in [9.17, 15) is 0 Å². The van der Waals surface area contributed by atoms with Crippen molar-refractivity contribution < 1.29 is 28.4 Å². The van der Waals surface area contributed by atoms with Crippen LogP contribution in [-0.2, 0) is 28.4 Å². The molecule has 4 saturated heterocycles. The van der Waals surface area contributed by atoms with Crippen molar-refractivity contribution in [1.82, 2.24) is 0 Å². The molecule has 0 saturated carbocycles. The van der Waals surface area contributed by atoms with Crippen LogP contribution in [0.3, 0.4) is 0 Å². The average Bonchev–Trinajstić information content (AvgIpc) is 2.91. The van der Waals surface area contributed by atoms with Gasteiger partial charge in [0.05, 0.1) is 6.61 Å². The van der Waals surface area contributed by atoms with Crippen molar-refractivity contribution in [3.05, 3.63) is 0 Å². The zero-order valence-electron chi connectivity index (χ0n) is 10.5. The minimum atomic E-state index is -1.000. The second-order valence-corrected chi connectivity index (χ2v) is 6.23. The number of fused-ring (bicyclic) bond motifs is 6. The molecule has 18 heavy (non-hydrogen) atoms. The summed E-state index contributed by atoms with van der Waals surface area (Å²) in [7, 11) is 0. The Hall–Kier alpha value is 0.110. The molecule has 0 radical (unpaired) electrons. The first-order valence-corrected chi connectivity index (χ1v) is 7.30. The van der Waals surface area contributed by atoms with Crippen LogP contribution in [0, 0.1) is 0 Å². The molecule has 0 aromatic rings. The number of hydrogen-bond acceptors (Lipinski definition) is 7. The first-order valence-electron chi connectivity index (χ1n) is 6.08. The highest BCUT2D eigenvalue weighted by atomic mass is 32.2. The number of hydrogen-bond donors (Lipinski definition) is 0. The second-order valence-electron chi connectivity index (χ2n) is 5.32. The second kappa shape index (κ2) is 3.60. The molecular formula is C11H16O6S. The maximum absolute atomic E-state index is 5.93. The van der Waals surface area contributed by atoms with Crippen molar-refractivity contribution in [3.63, 3.8) is 0 Å². The zero-order chi connectivity index (χ0) is 12.5. The lowest BCUT2D eigenvalue weighted by Crippen LogP contribution is -2.52. The number of thioether (sulfide) groups is 1. The molecule has 2 bridgehead atoms. The fraction of sp³-hybridized carbons (Fsp3) is 1.00. The van der Waals surface area contributed by atoms with Gasteiger partial charge in [0.2, 0.25) is 0 Å². The van der Waals surface area contributed by atoms with Crippen LogP contribution in [0.15, 0.2) is 0 Å². The van der Waals surface area contributed by atoms with E-state index in [4.69, 9.17) is 28.4 Å². The van der Waals surface area contributed by atoms with Crippen LogP contribution in [0.1, 0.15) is 13.8 Å².